The molecule has 2 fully saturated rings. The van der Waals surface area contributed by atoms with Crippen LogP contribution in [-0.2, 0) is 9.47 Å². The number of hydrogen-bond acceptors (Lipinski definition) is 16. The van der Waals surface area contributed by atoms with Gasteiger partial charge in [-0.2, -0.15) is 0 Å². The second-order valence-corrected chi connectivity index (χ2v) is 10.6. The van der Waals surface area contributed by atoms with Gasteiger partial charge in [0, 0.05) is 11.6 Å². The van der Waals surface area contributed by atoms with Crippen molar-refractivity contribution in [2.75, 3.05) is 20.3 Å². The van der Waals surface area contributed by atoms with E-state index in [0.717, 1.165) is 6.07 Å². The number of aromatic hydroxyl groups is 3. The first-order valence-corrected chi connectivity index (χ1v) is 13.4. The molecule has 0 unspecified atom stereocenters. The van der Waals surface area contributed by atoms with E-state index >= 15 is 0 Å². The van der Waals surface area contributed by atoms with Gasteiger partial charge in [0.1, 0.15) is 83.7 Å². The Morgan fingerprint density at radius 2 is 1.27 bits per heavy atom. The van der Waals surface area contributed by atoms with Crippen molar-refractivity contribution in [2.24, 2.45) is 0 Å². The molecule has 0 amide bonds. The van der Waals surface area contributed by atoms with Crippen LogP contribution in [0.15, 0.2) is 33.5 Å². The number of hydrogen-bond donors (Lipinski definition) is 11. The largest absolute Gasteiger partial charge is 0.507 e. The van der Waals surface area contributed by atoms with Gasteiger partial charge in [-0.25, -0.2) is 0 Å². The molecule has 0 saturated carbocycles. The van der Waals surface area contributed by atoms with Crippen LogP contribution in [0, 0.1) is 0 Å². The quantitative estimate of drug-likeness (QED) is 0.136. The molecule has 2 aliphatic rings. The molecule has 0 aliphatic carbocycles. The normalized spacial score (nSPS) is 32.6. The number of phenols is 3. The Hall–Kier alpha value is -3.55. The van der Waals surface area contributed by atoms with Gasteiger partial charge >= 0.3 is 0 Å². The second kappa shape index (κ2) is 12.1. The minimum atomic E-state index is -2.04. The highest BCUT2D eigenvalue weighted by Crippen LogP contribution is 2.51. The summed E-state index contributed by atoms with van der Waals surface area (Å²) < 4.78 is 22.2. The fraction of sp³-hybridized carbons (Fsp3) is 0.464. The average molecular weight is 625 g/mol. The lowest BCUT2D eigenvalue weighted by atomic mass is 9.85. The predicted molar refractivity (Wildman–Crippen MR) is 145 cm³/mol. The van der Waals surface area contributed by atoms with Gasteiger partial charge in [-0.1, -0.05) is 0 Å². The van der Waals surface area contributed by atoms with E-state index in [-0.39, 0.29) is 22.8 Å². The lowest BCUT2D eigenvalue weighted by Gasteiger charge is -2.42. The summed E-state index contributed by atoms with van der Waals surface area (Å²) in [7, 11) is 1.28. The molecule has 240 valence electrons. The van der Waals surface area contributed by atoms with Gasteiger partial charge in [-0.3, -0.25) is 4.79 Å². The van der Waals surface area contributed by atoms with Crippen LogP contribution in [0.4, 0.5) is 0 Å². The number of ether oxygens (including phenoxy) is 3. The molecule has 16 heteroatoms. The molecule has 5 rings (SSSR count). The number of rotatable bonds is 6. The maximum Gasteiger partial charge on any atom is 0.197 e. The SMILES string of the molecule is COc1cc(-c2cc(=O)c3c(O)c([C@@H]4O[C@H](CO)[C@@H](O)[C@H](O)[C@H]4O)c(O)c([C@@H]4O[C@H](CO)[C@@H](O)[C@H](O)[C@H]4O)c3o2)ccc1O. The monoisotopic (exact) mass is 624 g/mol. The summed E-state index contributed by atoms with van der Waals surface area (Å²) in [5.74, 6) is -2.44. The Labute approximate surface area is 247 Å². The molecule has 2 saturated heterocycles. The molecule has 3 aromatic rings. The highest BCUT2D eigenvalue weighted by atomic mass is 16.6. The molecular formula is C28H32O16. The Morgan fingerprint density at radius 3 is 1.80 bits per heavy atom. The maximum atomic E-state index is 13.6. The molecule has 3 heterocycles. The third-order valence-electron chi connectivity index (χ3n) is 8.01. The summed E-state index contributed by atoms with van der Waals surface area (Å²) >= 11 is 0. The van der Waals surface area contributed by atoms with E-state index in [1.165, 1.54) is 25.3 Å². The third kappa shape index (κ3) is 5.04. The Bertz CT molecular complexity index is 1580. The fourth-order valence-corrected chi connectivity index (χ4v) is 5.59. The Morgan fingerprint density at radius 1 is 0.727 bits per heavy atom. The number of fused-ring (bicyclic) bond motifs is 1. The van der Waals surface area contributed by atoms with Crippen molar-refractivity contribution in [1.82, 2.24) is 0 Å². The predicted octanol–water partition coefficient (Wildman–Crippen LogP) is -2.38. The number of aliphatic hydroxyl groups excluding tert-OH is 8. The molecular weight excluding hydrogens is 592 g/mol. The van der Waals surface area contributed by atoms with Crippen molar-refractivity contribution < 1.29 is 74.8 Å². The van der Waals surface area contributed by atoms with Crippen molar-refractivity contribution in [3.05, 3.63) is 45.6 Å². The summed E-state index contributed by atoms with van der Waals surface area (Å²) in [6.45, 7) is -1.72. The summed E-state index contributed by atoms with van der Waals surface area (Å²) in [6, 6.07) is 4.86. The van der Waals surface area contributed by atoms with Gasteiger partial charge in [-0.15, -0.1) is 0 Å². The van der Waals surface area contributed by atoms with E-state index in [1.807, 2.05) is 0 Å². The summed E-state index contributed by atoms with van der Waals surface area (Å²) in [5.41, 5.74) is -2.68. The first-order chi connectivity index (χ1) is 20.9. The highest BCUT2D eigenvalue weighted by molar-refractivity contribution is 5.92. The van der Waals surface area contributed by atoms with Gasteiger partial charge in [0.25, 0.3) is 0 Å². The van der Waals surface area contributed by atoms with Crippen molar-refractivity contribution in [3.63, 3.8) is 0 Å². The van der Waals surface area contributed by atoms with Crippen molar-refractivity contribution >= 4 is 11.0 Å². The van der Waals surface area contributed by atoms with Crippen LogP contribution in [0.1, 0.15) is 23.3 Å². The van der Waals surface area contributed by atoms with Gasteiger partial charge in [0.05, 0.1) is 31.5 Å². The van der Waals surface area contributed by atoms with Crippen LogP contribution < -0.4 is 10.2 Å². The van der Waals surface area contributed by atoms with Crippen molar-refractivity contribution in [1.29, 1.82) is 0 Å². The smallest absolute Gasteiger partial charge is 0.197 e. The zero-order valence-electron chi connectivity index (χ0n) is 23.0. The number of methoxy groups -OCH3 is 1. The number of aliphatic hydroxyl groups is 8. The third-order valence-corrected chi connectivity index (χ3v) is 8.01. The molecule has 44 heavy (non-hydrogen) atoms. The van der Waals surface area contributed by atoms with Crippen LogP contribution in [0.2, 0.25) is 0 Å². The van der Waals surface area contributed by atoms with Gasteiger partial charge in [0.2, 0.25) is 0 Å². The van der Waals surface area contributed by atoms with Crippen molar-refractivity contribution in [3.8, 4) is 34.3 Å². The van der Waals surface area contributed by atoms with E-state index < -0.39 is 113 Å². The van der Waals surface area contributed by atoms with E-state index in [0.29, 0.717) is 0 Å². The second-order valence-electron chi connectivity index (χ2n) is 10.6. The first-order valence-electron chi connectivity index (χ1n) is 13.4. The Kier molecular flexibility index (Phi) is 8.76. The summed E-state index contributed by atoms with van der Waals surface area (Å²) in [5, 5.41) is 115. The molecule has 11 N–H and O–H groups in total. The van der Waals surface area contributed by atoms with Gasteiger partial charge in [0.15, 0.2) is 22.5 Å². The van der Waals surface area contributed by atoms with Gasteiger partial charge < -0.3 is 74.8 Å². The van der Waals surface area contributed by atoms with E-state index in [2.05, 4.69) is 0 Å². The van der Waals surface area contributed by atoms with Gasteiger partial charge in [-0.05, 0) is 18.2 Å². The lowest BCUT2D eigenvalue weighted by Crippen LogP contribution is -2.55. The van der Waals surface area contributed by atoms with E-state index in [9.17, 15) is 61.0 Å². The fourth-order valence-electron chi connectivity index (χ4n) is 5.59. The van der Waals surface area contributed by atoms with Crippen LogP contribution >= 0.6 is 0 Å². The lowest BCUT2D eigenvalue weighted by molar-refractivity contribution is -0.234. The molecule has 2 aliphatic heterocycles. The van der Waals surface area contributed by atoms with Crippen LogP contribution in [0.5, 0.6) is 23.0 Å². The summed E-state index contributed by atoms with van der Waals surface area (Å²) in [4.78, 5) is 13.6. The van der Waals surface area contributed by atoms with E-state index in [1.54, 1.807) is 0 Å². The molecule has 1 aromatic heterocycles. The molecule has 0 bridgehead atoms. The molecule has 16 nitrogen and oxygen atoms in total. The minimum Gasteiger partial charge on any atom is -0.507 e. The summed E-state index contributed by atoms with van der Waals surface area (Å²) in [6.07, 6.45) is -18.3. The molecule has 10 atom stereocenters. The number of benzene rings is 2. The van der Waals surface area contributed by atoms with E-state index in [4.69, 9.17) is 18.6 Å². The standard InChI is InChI=1S/C28H32O16/c1-41-12-4-8(2-3-9(12)31)11-5-10(32)15-20(35)16(27-24(39)22(37)18(33)13(6-29)43-27)21(36)17(26(15)42-11)28-25(40)23(38)19(34)14(7-30)44-28/h2-5,13-14,18-19,22-25,27-31,33-40H,6-7H2,1H3/t13-,14-,18-,19-,22+,23+,24-,25-,27+,28+/m1/s1. The highest BCUT2D eigenvalue weighted by Gasteiger charge is 2.50. The first kappa shape index (κ1) is 31.9. The molecule has 2 aromatic carbocycles. The average Bonchev–Trinajstić information content (AvgIpc) is 3.00. The molecule has 0 spiro atoms. The van der Waals surface area contributed by atoms with Crippen LogP contribution in [0.25, 0.3) is 22.3 Å². The topological polar surface area (TPSA) is 280 Å². The molecule has 0 radical (unpaired) electrons. The van der Waals surface area contributed by atoms with Crippen LogP contribution in [0.3, 0.4) is 0 Å². The minimum absolute atomic E-state index is 0.00284. The van der Waals surface area contributed by atoms with Crippen LogP contribution in [-0.4, -0.2) is 125 Å². The number of phenolic OH excluding ortho intramolecular Hbond substituents is 3. The zero-order chi connectivity index (χ0) is 32.2. The van der Waals surface area contributed by atoms with Crippen molar-refractivity contribution in [2.45, 2.75) is 61.0 Å². The maximum absolute atomic E-state index is 13.6. The zero-order valence-corrected chi connectivity index (χ0v) is 23.0. The Balaban J connectivity index is 1.82.